The average Bonchev–Trinajstić information content (AvgIpc) is 2.37. The fourth-order valence-corrected chi connectivity index (χ4v) is 2.18. The Labute approximate surface area is 123 Å². The van der Waals surface area contributed by atoms with Crippen molar-refractivity contribution in [2.24, 2.45) is 0 Å². The first kappa shape index (κ1) is 14.4. The van der Waals surface area contributed by atoms with Crippen LogP contribution < -0.4 is 0 Å². The third kappa shape index (κ3) is 3.53. The van der Waals surface area contributed by atoms with E-state index < -0.39 is 17.7 Å². The third-order valence-electron chi connectivity index (χ3n) is 2.75. The predicted molar refractivity (Wildman–Crippen MR) is 74.2 cm³/mol. The van der Waals surface area contributed by atoms with Gasteiger partial charge in [-0.2, -0.15) is 0 Å². The highest BCUT2D eigenvalue weighted by molar-refractivity contribution is 9.10. The fourth-order valence-electron chi connectivity index (χ4n) is 1.75. The molecule has 2 aromatic rings. The third-order valence-corrected chi connectivity index (χ3v) is 3.98. The van der Waals surface area contributed by atoms with Crippen LogP contribution >= 0.6 is 27.5 Å². The van der Waals surface area contributed by atoms with E-state index in [-0.39, 0.29) is 12.0 Å². The monoisotopic (exact) mass is 346 g/mol. The summed E-state index contributed by atoms with van der Waals surface area (Å²) in [5.74, 6) is -1.07. The molecule has 0 radical (unpaired) electrons. The highest BCUT2D eigenvalue weighted by Gasteiger charge is 2.13. The van der Waals surface area contributed by atoms with Gasteiger partial charge in [-0.25, -0.2) is 8.78 Å². The van der Waals surface area contributed by atoms with E-state index in [2.05, 4.69) is 15.9 Å². The molecule has 2 aromatic carbocycles. The average molecular weight is 348 g/mol. The van der Waals surface area contributed by atoms with E-state index in [1.165, 1.54) is 0 Å². The van der Waals surface area contributed by atoms with E-state index in [0.717, 1.165) is 18.2 Å². The summed E-state index contributed by atoms with van der Waals surface area (Å²) in [6.07, 6.45) is -0.955. The van der Waals surface area contributed by atoms with Crippen molar-refractivity contribution in [3.05, 3.63) is 68.7 Å². The minimum absolute atomic E-state index is 0.0123. The van der Waals surface area contributed by atoms with Crippen LogP contribution in [0.25, 0.3) is 0 Å². The van der Waals surface area contributed by atoms with Crippen LogP contribution in [0.15, 0.2) is 40.9 Å². The molecule has 0 bridgehead atoms. The largest absolute Gasteiger partial charge is 0.388 e. The lowest BCUT2D eigenvalue weighted by atomic mass is 10.0. The molecule has 0 saturated heterocycles. The second-order valence-electron chi connectivity index (χ2n) is 4.13. The maximum absolute atomic E-state index is 13.5. The van der Waals surface area contributed by atoms with Gasteiger partial charge in [0, 0.05) is 10.9 Å². The van der Waals surface area contributed by atoms with Gasteiger partial charge in [0.25, 0.3) is 0 Å². The van der Waals surface area contributed by atoms with E-state index in [1.807, 2.05) is 0 Å². The molecule has 1 nitrogen and oxygen atoms in total. The van der Waals surface area contributed by atoms with E-state index in [9.17, 15) is 13.9 Å². The van der Waals surface area contributed by atoms with Gasteiger partial charge in [0.15, 0.2) is 0 Å². The van der Waals surface area contributed by atoms with Gasteiger partial charge in [-0.15, -0.1) is 0 Å². The van der Waals surface area contributed by atoms with Gasteiger partial charge < -0.3 is 5.11 Å². The number of halogens is 4. The van der Waals surface area contributed by atoms with Crippen molar-refractivity contribution in [3.8, 4) is 0 Å². The van der Waals surface area contributed by atoms with Crippen LogP contribution in [-0.4, -0.2) is 5.11 Å². The molecule has 0 amide bonds. The number of aliphatic hydroxyl groups is 1. The van der Waals surface area contributed by atoms with Crippen molar-refractivity contribution in [2.75, 3.05) is 0 Å². The van der Waals surface area contributed by atoms with Gasteiger partial charge in [0.1, 0.15) is 11.6 Å². The van der Waals surface area contributed by atoms with Crippen LogP contribution in [-0.2, 0) is 6.42 Å². The molecule has 0 aliphatic rings. The molecule has 0 heterocycles. The Hall–Kier alpha value is -0.970. The molecule has 100 valence electrons. The van der Waals surface area contributed by atoms with Gasteiger partial charge in [-0.3, -0.25) is 0 Å². The van der Waals surface area contributed by atoms with E-state index >= 15 is 0 Å². The maximum atomic E-state index is 13.5. The number of aliphatic hydroxyl groups excluding tert-OH is 1. The van der Waals surface area contributed by atoms with Crippen LogP contribution in [0.5, 0.6) is 0 Å². The van der Waals surface area contributed by atoms with Crippen molar-refractivity contribution < 1.29 is 13.9 Å². The zero-order valence-electron chi connectivity index (χ0n) is 9.71. The Morgan fingerprint density at radius 2 is 1.89 bits per heavy atom. The highest BCUT2D eigenvalue weighted by Crippen LogP contribution is 2.28. The van der Waals surface area contributed by atoms with Gasteiger partial charge in [0.2, 0.25) is 0 Å². The molecule has 1 unspecified atom stereocenters. The van der Waals surface area contributed by atoms with Crippen molar-refractivity contribution in [1.82, 2.24) is 0 Å². The molecule has 0 fully saturated rings. The highest BCUT2D eigenvalue weighted by atomic mass is 79.9. The molecule has 1 atom stereocenters. The number of hydrogen-bond donors (Lipinski definition) is 1. The van der Waals surface area contributed by atoms with Gasteiger partial charge >= 0.3 is 0 Å². The minimum atomic E-state index is -0.943. The fraction of sp³-hybridized carbons (Fsp3) is 0.143. The van der Waals surface area contributed by atoms with E-state index in [0.29, 0.717) is 15.1 Å². The van der Waals surface area contributed by atoms with E-state index in [4.69, 9.17) is 11.6 Å². The Morgan fingerprint density at radius 3 is 2.58 bits per heavy atom. The van der Waals surface area contributed by atoms with Crippen LogP contribution in [0.2, 0.25) is 5.02 Å². The number of rotatable bonds is 3. The molecule has 5 heteroatoms. The van der Waals surface area contributed by atoms with Crippen molar-refractivity contribution in [1.29, 1.82) is 0 Å². The van der Waals surface area contributed by atoms with Crippen LogP contribution in [0, 0.1) is 11.6 Å². The summed E-state index contributed by atoms with van der Waals surface area (Å²) in [7, 11) is 0. The molecule has 2 rings (SSSR count). The quantitative estimate of drug-likeness (QED) is 0.856. The van der Waals surface area contributed by atoms with Gasteiger partial charge in [-0.05, 0) is 57.4 Å². The molecule has 0 saturated carbocycles. The normalized spacial score (nSPS) is 12.5. The molecule has 19 heavy (non-hydrogen) atoms. The minimum Gasteiger partial charge on any atom is -0.388 e. The summed E-state index contributed by atoms with van der Waals surface area (Å²) in [5, 5.41) is 10.5. The lowest BCUT2D eigenvalue weighted by Gasteiger charge is -2.12. The van der Waals surface area contributed by atoms with Crippen LogP contribution in [0.4, 0.5) is 8.78 Å². The topological polar surface area (TPSA) is 20.2 Å². The molecule has 0 spiro atoms. The smallest absolute Gasteiger partial charge is 0.126 e. The van der Waals surface area contributed by atoms with Crippen molar-refractivity contribution in [3.63, 3.8) is 0 Å². The molecular formula is C14H10BrClF2O. The first-order chi connectivity index (χ1) is 8.97. The lowest BCUT2D eigenvalue weighted by molar-refractivity contribution is 0.177. The van der Waals surface area contributed by atoms with Crippen LogP contribution in [0.1, 0.15) is 17.2 Å². The lowest BCUT2D eigenvalue weighted by Crippen LogP contribution is -2.04. The zero-order valence-corrected chi connectivity index (χ0v) is 12.0. The van der Waals surface area contributed by atoms with Crippen LogP contribution in [0.3, 0.4) is 0 Å². The summed E-state index contributed by atoms with van der Waals surface area (Å²) in [5.41, 5.74) is 0.684. The summed E-state index contributed by atoms with van der Waals surface area (Å²) in [6, 6.07) is 8.14. The van der Waals surface area contributed by atoms with Gasteiger partial charge in [-0.1, -0.05) is 17.7 Å². The number of hydrogen-bond acceptors (Lipinski definition) is 1. The standard InChI is InChI=1S/C14H10BrClF2O/c15-11-3-1-8(6-12(11)16)14(19)7-9-5-10(17)2-4-13(9)18/h1-6,14,19H,7H2. The summed E-state index contributed by atoms with van der Waals surface area (Å²) >= 11 is 9.17. The molecule has 1 N–H and O–H groups in total. The Bertz CT molecular complexity index is 604. The first-order valence-electron chi connectivity index (χ1n) is 5.54. The van der Waals surface area contributed by atoms with Crippen molar-refractivity contribution >= 4 is 27.5 Å². The first-order valence-corrected chi connectivity index (χ1v) is 6.71. The summed E-state index contributed by atoms with van der Waals surface area (Å²) in [4.78, 5) is 0. The van der Waals surface area contributed by atoms with Gasteiger partial charge in [0.05, 0.1) is 11.1 Å². The van der Waals surface area contributed by atoms with E-state index in [1.54, 1.807) is 18.2 Å². The molecule has 0 aliphatic heterocycles. The predicted octanol–water partition coefficient (Wildman–Crippen LogP) is 4.66. The summed E-state index contributed by atoms with van der Waals surface area (Å²) in [6.45, 7) is 0. The molecular weight excluding hydrogens is 338 g/mol. The summed E-state index contributed by atoms with van der Waals surface area (Å²) < 4.78 is 27.2. The maximum Gasteiger partial charge on any atom is 0.126 e. The Balaban J connectivity index is 2.22. The second-order valence-corrected chi connectivity index (χ2v) is 5.39. The SMILES string of the molecule is OC(Cc1cc(F)ccc1F)c1ccc(Br)c(Cl)c1. The second kappa shape index (κ2) is 5.99. The Kier molecular flexibility index (Phi) is 4.55. The van der Waals surface area contributed by atoms with Crippen molar-refractivity contribution in [2.45, 2.75) is 12.5 Å². The number of benzene rings is 2. The molecule has 0 aliphatic carbocycles. The molecule has 0 aromatic heterocycles. The Morgan fingerprint density at radius 1 is 1.16 bits per heavy atom. The zero-order chi connectivity index (χ0) is 14.0.